The Bertz CT molecular complexity index is 681. The van der Waals surface area contributed by atoms with Crippen LogP contribution in [-0.2, 0) is 9.53 Å². The van der Waals surface area contributed by atoms with Crippen LogP contribution in [-0.4, -0.2) is 25.5 Å². The standard InChI is InChI=1S/C18H20N2O3/c1-13-5-3-4-6-16(13)20-17(21)11-12-19-15-9-7-14(8-10-15)18(22)23-2/h3-10,19H,11-12H2,1-2H3,(H,20,21). The summed E-state index contributed by atoms with van der Waals surface area (Å²) in [6.45, 7) is 2.46. The lowest BCUT2D eigenvalue weighted by Crippen LogP contribution is -2.16. The van der Waals surface area contributed by atoms with Crippen LogP contribution in [0.2, 0.25) is 0 Å². The number of methoxy groups -OCH3 is 1. The molecule has 0 saturated heterocycles. The molecule has 0 bridgehead atoms. The first-order chi connectivity index (χ1) is 11.1. The summed E-state index contributed by atoms with van der Waals surface area (Å²) in [5.41, 5.74) is 3.21. The van der Waals surface area contributed by atoms with Gasteiger partial charge in [-0.2, -0.15) is 0 Å². The van der Waals surface area contributed by atoms with Crippen LogP contribution in [0, 0.1) is 6.92 Å². The van der Waals surface area contributed by atoms with E-state index in [9.17, 15) is 9.59 Å². The second kappa shape index (κ2) is 7.98. The van der Waals surface area contributed by atoms with E-state index in [4.69, 9.17) is 0 Å². The predicted octanol–water partition coefficient (Wildman–Crippen LogP) is 3.22. The van der Waals surface area contributed by atoms with Gasteiger partial charge in [0.05, 0.1) is 12.7 Å². The van der Waals surface area contributed by atoms with Crippen LogP contribution in [0.25, 0.3) is 0 Å². The lowest BCUT2D eigenvalue weighted by atomic mass is 10.2. The van der Waals surface area contributed by atoms with Crippen LogP contribution >= 0.6 is 0 Å². The molecule has 2 aromatic rings. The number of nitrogens with one attached hydrogen (secondary N) is 2. The van der Waals surface area contributed by atoms with E-state index in [2.05, 4.69) is 15.4 Å². The minimum Gasteiger partial charge on any atom is -0.465 e. The van der Waals surface area contributed by atoms with Gasteiger partial charge in [0.1, 0.15) is 0 Å². The van der Waals surface area contributed by atoms with Crippen molar-refractivity contribution < 1.29 is 14.3 Å². The second-order valence-corrected chi connectivity index (χ2v) is 5.11. The molecule has 0 aliphatic carbocycles. The summed E-state index contributed by atoms with van der Waals surface area (Å²) in [7, 11) is 1.35. The molecule has 0 heterocycles. The van der Waals surface area contributed by atoms with Gasteiger partial charge in [0.15, 0.2) is 0 Å². The summed E-state index contributed by atoms with van der Waals surface area (Å²) in [6, 6.07) is 14.6. The smallest absolute Gasteiger partial charge is 0.337 e. The first-order valence-corrected chi connectivity index (χ1v) is 7.38. The number of hydrogen-bond acceptors (Lipinski definition) is 4. The molecule has 0 fully saturated rings. The third kappa shape index (κ3) is 4.85. The Morgan fingerprint density at radius 1 is 1.04 bits per heavy atom. The van der Waals surface area contributed by atoms with Crippen molar-refractivity contribution in [2.45, 2.75) is 13.3 Å². The zero-order chi connectivity index (χ0) is 16.7. The number of ether oxygens (including phenoxy) is 1. The average molecular weight is 312 g/mol. The molecule has 0 aliphatic heterocycles. The SMILES string of the molecule is COC(=O)c1ccc(NCCC(=O)Nc2ccccc2C)cc1. The van der Waals surface area contributed by atoms with Crippen LogP contribution < -0.4 is 10.6 Å². The molecule has 1 amide bonds. The summed E-state index contributed by atoms with van der Waals surface area (Å²) in [5, 5.41) is 6.04. The fourth-order valence-corrected chi connectivity index (χ4v) is 2.09. The lowest BCUT2D eigenvalue weighted by molar-refractivity contribution is -0.115. The van der Waals surface area contributed by atoms with Crippen molar-refractivity contribution in [3.8, 4) is 0 Å². The summed E-state index contributed by atoms with van der Waals surface area (Å²) in [5.74, 6) is -0.410. The molecule has 2 aromatic carbocycles. The summed E-state index contributed by atoms with van der Waals surface area (Å²) in [4.78, 5) is 23.3. The van der Waals surface area contributed by atoms with Gasteiger partial charge >= 0.3 is 5.97 Å². The van der Waals surface area contributed by atoms with Gasteiger partial charge in [0, 0.05) is 24.3 Å². The number of aryl methyl sites for hydroxylation is 1. The Morgan fingerprint density at radius 2 is 1.74 bits per heavy atom. The van der Waals surface area contributed by atoms with Gasteiger partial charge in [-0.1, -0.05) is 18.2 Å². The van der Waals surface area contributed by atoms with Crippen molar-refractivity contribution in [3.63, 3.8) is 0 Å². The summed E-state index contributed by atoms with van der Waals surface area (Å²) in [6.07, 6.45) is 0.354. The minimum atomic E-state index is -0.367. The number of amides is 1. The van der Waals surface area contributed by atoms with Crippen molar-refractivity contribution in [1.29, 1.82) is 0 Å². The maximum atomic E-state index is 11.9. The van der Waals surface area contributed by atoms with Gasteiger partial charge in [0.25, 0.3) is 0 Å². The molecule has 0 aromatic heterocycles. The van der Waals surface area contributed by atoms with E-state index < -0.39 is 0 Å². The second-order valence-electron chi connectivity index (χ2n) is 5.11. The number of carbonyl (C=O) groups excluding carboxylic acids is 2. The molecular weight excluding hydrogens is 292 g/mol. The molecule has 0 unspecified atom stereocenters. The van der Waals surface area contributed by atoms with Crippen LogP contribution in [0.3, 0.4) is 0 Å². The highest BCUT2D eigenvalue weighted by Gasteiger charge is 2.06. The fraction of sp³-hybridized carbons (Fsp3) is 0.222. The Balaban J connectivity index is 1.79. The number of rotatable bonds is 6. The molecule has 0 saturated carbocycles. The molecule has 0 atom stereocenters. The summed E-state index contributed by atoms with van der Waals surface area (Å²) < 4.78 is 4.64. The van der Waals surface area contributed by atoms with Crippen molar-refractivity contribution in [2.75, 3.05) is 24.3 Å². The van der Waals surface area contributed by atoms with Gasteiger partial charge in [-0.05, 0) is 42.8 Å². The van der Waals surface area contributed by atoms with Gasteiger partial charge in [-0.15, -0.1) is 0 Å². The number of esters is 1. The van der Waals surface area contributed by atoms with Gasteiger partial charge in [-0.3, -0.25) is 4.79 Å². The third-order valence-corrected chi connectivity index (χ3v) is 3.41. The molecule has 0 radical (unpaired) electrons. The van der Waals surface area contributed by atoms with Crippen molar-refractivity contribution in [2.24, 2.45) is 0 Å². The highest BCUT2D eigenvalue weighted by molar-refractivity contribution is 5.92. The van der Waals surface area contributed by atoms with Crippen molar-refractivity contribution in [3.05, 3.63) is 59.7 Å². The van der Waals surface area contributed by atoms with E-state index in [1.165, 1.54) is 7.11 Å². The molecule has 120 valence electrons. The zero-order valence-electron chi connectivity index (χ0n) is 13.3. The Morgan fingerprint density at radius 3 is 2.39 bits per heavy atom. The molecule has 2 N–H and O–H groups in total. The molecule has 23 heavy (non-hydrogen) atoms. The lowest BCUT2D eigenvalue weighted by Gasteiger charge is -2.09. The van der Waals surface area contributed by atoms with Crippen LogP contribution in [0.4, 0.5) is 11.4 Å². The topological polar surface area (TPSA) is 67.4 Å². The molecular formula is C18H20N2O3. The average Bonchev–Trinajstić information content (AvgIpc) is 2.57. The normalized spacial score (nSPS) is 10.0. The van der Waals surface area contributed by atoms with Crippen LogP contribution in [0.1, 0.15) is 22.3 Å². The molecule has 2 rings (SSSR count). The largest absolute Gasteiger partial charge is 0.465 e. The minimum absolute atomic E-state index is 0.0435. The van der Waals surface area contributed by atoms with E-state index in [0.29, 0.717) is 18.5 Å². The Labute approximate surface area is 135 Å². The molecule has 5 nitrogen and oxygen atoms in total. The van der Waals surface area contributed by atoms with Gasteiger partial charge in [-0.25, -0.2) is 4.79 Å². The number of anilines is 2. The maximum absolute atomic E-state index is 11.9. The monoisotopic (exact) mass is 312 g/mol. The Hall–Kier alpha value is -2.82. The predicted molar refractivity (Wildman–Crippen MR) is 90.7 cm³/mol. The third-order valence-electron chi connectivity index (χ3n) is 3.41. The zero-order valence-corrected chi connectivity index (χ0v) is 13.3. The number of benzene rings is 2. The van der Waals surface area contributed by atoms with Gasteiger partial charge in [0.2, 0.25) is 5.91 Å². The highest BCUT2D eigenvalue weighted by Crippen LogP contribution is 2.14. The van der Waals surface area contributed by atoms with Crippen molar-refractivity contribution in [1.82, 2.24) is 0 Å². The quantitative estimate of drug-likeness (QED) is 0.804. The fourth-order valence-electron chi connectivity index (χ4n) is 2.09. The van der Waals surface area contributed by atoms with Gasteiger partial charge < -0.3 is 15.4 Å². The number of carbonyl (C=O) groups is 2. The Kier molecular flexibility index (Phi) is 5.74. The first kappa shape index (κ1) is 16.5. The van der Waals surface area contributed by atoms with Crippen molar-refractivity contribution >= 4 is 23.3 Å². The first-order valence-electron chi connectivity index (χ1n) is 7.38. The summed E-state index contributed by atoms with van der Waals surface area (Å²) >= 11 is 0. The maximum Gasteiger partial charge on any atom is 0.337 e. The molecule has 0 aliphatic rings. The number of para-hydroxylation sites is 1. The van der Waals surface area contributed by atoms with E-state index >= 15 is 0 Å². The molecule has 0 spiro atoms. The van der Waals surface area contributed by atoms with Crippen LogP contribution in [0.15, 0.2) is 48.5 Å². The molecule has 5 heteroatoms. The number of hydrogen-bond donors (Lipinski definition) is 2. The van der Waals surface area contributed by atoms with E-state index in [1.807, 2.05) is 31.2 Å². The van der Waals surface area contributed by atoms with E-state index in [1.54, 1.807) is 24.3 Å². The van der Waals surface area contributed by atoms with E-state index in [-0.39, 0.29) is 11.9 Å². The van der Waals surface area contributed by atoms with E-state index in [0.717, 1.165) is 16.9 Å². The van der Waals surface area contributed by atoms with Crippen LogP contribution in [0.5, 0.6) is 0 Å². The highest BCUT2D eigenvalue weighted by atomic mass is 16.5.